The molecule has 2 aromatic carbocycles. The molecule has 1 aliphatic heterocycles. The monoisotopic (exact) mass is 410 g/mol. The lowest BCUT2D eigenvalue weighted by atomic mass is 10.2. The number of hydrazone groups is 1. The number of nitrogens with zero attached hydrogens (tertiary/aromatic N) is 2. The number of carbonyl (C=O) groups excluding carboxylic acids is 2. The third kappa shape index (κ3) is 7.31. The molecule has 30 heavy (non-hydrogen) atoms. The van der Waals surface area contributed by atoms with Gasteiger partial charge in [-0.2, -0.15) is 5.10 Å². The summed E-state index contributed by atoms with van der Waals surface area (Å²) in [6.45, 7) is 4.99. The first kappa shape index (κ1) is 21.5. The van der Waals surface area contributed by atoms with Gasteiger partial charge in [-0.15, -0.1) is 0 Å². The predicted molar refractivity (Wildman–Crippen MR) is 115 cm³/mol. The van der Waals surface area contributed by atoms with Crippen LogP contribution in [0.1, 0.15) is 11.1 Å². The van der Waals surface area contributed by atoms with Crippen molar-refractivity contribution in [3.05, 3.63) is 59.7 Å². The van der Waals surface area contributed by atoms with Crippen LogP contribution in [0.3, 0.4) is 0 Å². The minimum Gasteiger partial charge on any atom is -0.484 e. The van der Waals surface area contributed by atoms with Crippen LogP contribution in [-0.2, 0) is 14.3 Å². The smallest absolute Gasteiger partial charge is 0.262 e. The van der Waals surface area contributed by atoms with Crippen molar-refractivity contribution in [2.45, 2.75) is 6.92 Å². The molecule has 0 radical (unpaired) electrons. The van der Waals surface area contributed by atoms with E-state index >= 15 is 0 Å². The highest BCUT2D eigenvalue weighted by Crippen LogP contribution is 2.12. The number of hydrogen-bond donors (Lipinski definition) is 2. The molecule has 0 aliphatic carbocycles. The average molecular weight is 410 g/mol. The van der Waals surface area contributed by atoms with E-state index < -0.39 is 0 Å². The van der Waals surface area contributed by atoms with E-state index in [2.05, 4.69) is 15.8 Å². The zero-order chi connectivity index (χ0) is 21.2. The first-order chi connectivity index (χ1) is 14.6. The van der Waals surface area contributed by atoms with E-state index in [1.54, 1.807) is 30.5 Å². The molecule has 1 heterocycles. The Bertz CT molecular complexity index is 877. The number of benzene rings is 2. The van der Waals surface area contributed by atoms with E-state index in [-0.39, 0.29) is 18.4 Å². The van der Waals surface area contributed by atoms with Crippen LogP contribution < -0.4 is 15.5 Å². The van der Waals surface area contributed by atoms with Crippen molar-refractivity contribution >= 4 is 23.7 Å². The molecule has 8 heteroatoms. The van der Waals surface area contributed by atoms with Crippen LogP contribution in [0.4, 0.5) is 5.69 Å². The summed E-state index contributed by atoms with van der Waals surface area (Å²) in [4.78, 5) is 25.9. The summed E-state index contributed by atoms with van der Waals surface area (Å²) in [6.07, 6.45) is 1.56. The quantitative estimate of drug-likeness (QED) is 0.511. The van der Waals surface area contributed by atoms with Gasteiger partial charge in [-0.25, -0.2) is 5.43 Å². The maximum atomic E-state index is 12.0. The SMILES string of the molecule is Cc1cccc(NC(=O)COc2ccc(/C=N/NC(=O)CN3CCOCC3)cc2)c1. The first-order valence-electron chi connectivity index (χ1n) is 9.80. The van der Waals surface area contributed by atoms with Gasteiger partial charge in [0.2, 0.25) is 0 Å². The molecular weight excluding hydrogens is 384 g/mol. The Morgan fingerprint density at radius 1 is 1.13 bits per heavy atom. The van der Waals surface area contributed by atoms with E-state index in [0.717, 1.165) is 29.9 Å². The number of rotatable bonds is 8. The summed E-state index contributed by atoms with van der Waals surface area (Å²) in [7, 11) is 0. The highest BCUT2D eigenvalue weighted by molar-refractivity contribution is 5.92. The molecule has 0 bridgehead atoms. The highest BCUT2D eigenvalue weighted by atomic mass is 16.5. The Morgan fingerprint density at radius 3 is 2.63 bits per heavy atom. The summed E-state index contributed by atoms with van der Waals surface area (Å²) in [6, 6.07) is 14.7. The second kappa shape index (κ2) is 11.1. The van der Waals surface area contributed by atoms with Gasteiger partial charge in [0.15, 0.2) is 6.61 Å². The minimum absolute atomic E-state index is 0.0843. The normalized spacial score (nSPS) is 14.4. The van der Waals surface area contributed by atoms with Crippen LogP contribution in [0.2, 0.25) is 0 Å². The van der Waals surface area contributed by atoms with Crippen molar-refractivity contribution < 1.29 is 19.1 Å². The van der Waals surface area contributed by atoms with Crippen molar-refractivity contribution in [1.29, 1.82) is 0 Å². The van der Waals surface area contributed by atoms with E-state index in [1.165, 1.54) is 0 Å². The van der Waals surface area contributed by atoms with Gasteiger partial charge in [-0.05, 0) is 54.4 Å². The van der Waals surface area contributed by atoms with Crippen LogP contribution in [0.25, 0.3) is 0 Å². The van der Waals surface area contributed by atoms with Crippen molar-refractivity contribution in [2.75, 3.05) is 44.8 Å². The molecule has 158 valence electrons. The molecule has 1 fully saturated rings. The molecule has 1 aliphatic rings. The predicted octanol–water partition coefficient (Wildman–Crippen LogP) is 1.79. The second-order valence-corrected chi connectivity index (χ2v) is 6.96. The van der Waals surface area contributed by atoms with Crippen LogP contribution in [0.5, 0.6) is 5.75 Å². The third-order valence-electron chi connectivity index (χ3n) is 4.43. The molecule has 2 N–H and O–H groups in total. The zero-order valence-corrected chi connectivity index (χ0v) is 17.0. The number of hydrogen-bond acceptors (Lipinski definition) is 6. The Labute approximate surface area is 175 Å². The van der Waals surface area contributed by atoms with Gasteiger partial charge >= 0.3 is 0 Å². The largest absolute Gasteiger partial charge is 0.484 e. The topological polar surface area (TPSA) is 92.3 Å². The maximum Gasteiger partial charge on any atom is 0.262 e. The molecule has 1 saturated heterocycles. The number of ether oxygens (including phenoxy) is 2. The van der Waals surface area contributed by atoms with Gasteiger partial charge in [-0.1, -0.05) is 12.1 Å². The molecule has 3 rings (SSSR count). The zero-order valence-electron chi connectivity index (χ0n) is 17.0. The maximum absolute atomic E-state index is 12.0. The molecule has 2 amide bonds. The number of aryl methyl sites for hydroxylation is 1. The molecule has 0 atom stereocenters. The van der Waals surface area contributed by atoms with E-state index in [4.69, 9.17) is 9.47 Å². The fourth-order valence-electron chi connectivity index (χ4n) is 2.90. The van der Waals surface area contributed by atoms with Gasteiger partial charge < -0.3 is 14.8 Å². The van der Waals surface area contributed by atoms with Crippen molar-refractivity contribution in [3.63, 3.8) is 0 Å². The number of morpholine rings is 1. The van der Waals surface area contributed by atoms with Gasteiger partial charge in [0, 0.05) is 18.8 Å². The molecule has 0 unspecified atom stereocenters. The number of carbonyl (C=O) groups is 2. The number of nitrogens with one attached hydrogen (secondary N) is 2. The minimum atomic E-state index is -0.228. The fraction of sp³-hybridized carbons (Fsp3) is 0.318. The lowest BCUT2D eigenvalue weighted by Crippen LogP contribution is -2.42. The molecular formula is C22H26N4O4. The molecule has 0 spiro atoms. The Morgan fingerprint density at radius 2 is 1.90 bits per heavy atom. The summed E-state index contributed by atoms with van der Waals surface area (Å²) in [5.74, 6) is 0.185. The Hall–Kier alpha value is -3.23. The third-order valence-corrected chi connectivity index (χ3v) is 4.43. The van der Waals surface area contributed by atoms with Crippen molar-refractivity contribution in [3.8, 4) is 5.75 Å². The second-order valence-electron chi connectivity index (χ2n) is 6.96. The first-order valence-corrected chi connectivity index (χ1v) is 9.80. The summed E-state index contributed by atoms with van der Waals surface area (Å²) < 4.78 is 10.8. The lowest BCUT2D eigenvalue weighted by molar-refractivity contribution is -0.123. The van der Waals surface area contributed by atoms with Gasteiger partial charge in [0.25, 0.3) is 11.8 Å². The number of amides is 2. The van der Waals surface area contributed by atoms with Crippen LogP contribution >= 0.6 is 0 Å². The van der Waals surface area contributed by atoms with Gasteiger partial charge in [0.05, 0.1) is 26.0 Å². The summed E-state index contributed by atoms with van der Waals surface area (Å²) in [5.41, 5.74) is 5.14. The fourth-order valence-corrected chi connectivity index (χ4v) is 2.90. The average Bonchev–Trinajstić information content (AvgIpc) is 2.74. The van der Waals surface area contributed by atoms with Crippen LogP contribution in [0, 0.1) is 6.92 Å². The molecule has 8 nitrogen and oxygen atoms in total. The highest BCUT2D eigenvalue weighted by Gasteiger charge is 2.13. The lowest BCUT2D eigenvalue weighted by Gasteiger charge is -2.25. The van der Waals surface area contributed by atoms with Crippen LogP contribution in [-0.4, -0.2) is 62.4 Å². The van der Waals surface area contributed by atoms with Gasteiger partial charge in [-0.3, -0.25) is 14.5 Å². The summed E-state index contributed by atoms with van der Waals surface area (Å²) >= 11 is 0. The van der Waals surface area contributed by atoms with E-state index in [1.807, 2.05) is 36.1 Å². The molecule has 0 aromatic heterocycles. The van der Waals surface area contributed by atoms with Crippen molar-refractivity contribution in [2.24, 2.45) is 5.10 Å². The summed E-state index contributed by atoms with van der Waals surface area (Å²) in [5, 5.41) is 6.77. The van der Waals surface area contributed by atoms with Crippen LogP contribution in [0.15, 0.2) is 53.6 Å². The standard InChI is InChI=1S/C22H26N4O4/c1-17-3-2-4-19(13-17)24-22(28)16-30-20-7-5-18(6-8-20)14-23-25-21(27)15-26-9-11-29-12-10-26/h2-8,13-14H,9-12,15-16H2,1H3,(H,24,28)(H,25,27)/b23-14+. The molecule has 0 saturated carbocycles. The Kier molecular flexibility index (Phi) is 7.94. The number of anilines is 1. The van der Waals surface area contributed by atoms with E-state index in [0.29, 0.717) is 25.5 Å². The van der Waals surface area contributed by atoms with Crippen molar-refractivity contribution in [1.82, 2.24) is 10.3 Å². The Balaban J connectivity index is 1.39. The van der Waals surface area contributed by atoms with E-state index in [9.17, 15) is 9.59 Å². The molecule has 2 aromatic rings. The van der Waals surface area contributed by atoms with Gasteiger partial charge in [0.1, 0.15) is 5.75 Å².